The molecule has 0 saturated heterocycles. The summed E-state index contributed by atoms with van der Waals surface area (Å²) in [5.74, 6) is 0.169. The standard InChI is InChI=1S/C27H21FN8O/c1-2-3-23(37)31-18-10-16(11-29-12-18)20-8-9-21-25(32-20)26(36-35-21)27-33-22-14-30-13-19(24(22)34-27)15-4-6-17(28)7-5-15/h4-14H,2-3H2,1H3,(H,31,37)(H,33,34)(H,35,36). The van der Waals surface area contributed by atoms with Gasteiger partial charge in [-0.05, 0) is 42.3 Å². The van der Waals surface area contributed by atoms with E-state index in [2.05, 4.69) is 30.5 Å². The van der Waals surface area contributed by atoms with Gasteiger partial charge >= 0.3 is 0 Å². The first-order valence-electron chi connectivity index (χ1n) is 11.8. The molecule has 0 aliphatic carbocycles. The molecule has 0 saturated carbocycles. The van der Waals surface area contributed by atoms with Crippen LogP contribution in [0, 0.1) is 5.82 Å². The van der Waals surface area contributed by atoms with E-state index in [0.717, 1.165) is 34.1 Å². The average Bonchev–Trinajstić information content (AvgIpc) is 3.53. The SMILES string of the molecule is CCCC(=O)Nc1cncc(-c2ccc3[nH]nc(-c4nc5c(-c6ccc(F)cc6)cncc5[nH]4)c3n2)c1. The molecule has 0 atom stereocenters. The summed E-state index contributed by atoms with van der Waals surface area (Å²) < 4.78 is 13.4. The predicted octanol–water partition coefficient (Wildman–Crippen LogP) is 5.50. The van der Waals surface area contributed by atoms with Gasteiger partial charge in [0, 0.05) is 29.9 Å². The maximum atomic E-state index is 13.4. The Labute approximate surface area is 210 Å². The van der Waals surface area contributed by atoms with Gasteiger partial charge in [0.2, 0.25) is 5.91 Å². The Hall–Kier alpha value is -4.99. The highest BCUT2D eigenvalue weighted by atomic mass is 19.1. The third-order valence-corrected chi connectivity index (χ3v) is 5.98. The van der Waals surface area contributed by atoms with Crippen molar-refractivity contribution in [3.63, 3.8) is 0 Å². The second-order valence-corrected chi connectivity index (χ2v) is 8.60. The molecule has 1 amide bonds. The lowest BCUT2D eigenvalue weighted by Crippen LogP contribution is -2.10. The van der Waals surface area contributed by atoms with Crippen molar-refractivity contribution in [1.82, 2.24) is 35.1 Å². The molecule has 0 spiro atoms. The summed E-state index contributed by atoms with van der Waals surface area (Å²) in [4.78, 5) is 33.5. The molecule has 0 unspecified atom stereocenters. The van der Waals surface area contributed by atoms with Gasteiger partial charge in [0.15, 0.2) is 11.5 Å². The van der Waals surface area contributed by atoms with Crippen LogP contribution < -0.4 is 5.32 Å². The van der Waals surface area contributed by atoms with Gasteiger partial charge in [0.05, 0.1) is 40.3 Å². The number of carbonyl (C=O) groups excluding carboxylic acids is 1. The summed E-state index contributed by atoms with van der Waals surface area (Å²) in [6.07, 6.45) is 7.92. The van der Waals surface area contributed by atoms with Gasteiger partial charge in [0.1, 0.15) is 11.3 Å². The Morgan fingerprint density at radius 3 is 2.59 bits per heavy atom. The van der Waals surface area contributed by atoms with E-state index >= 15 is 0 Å². The minimum absolute atomic E-state index is 0.0543. The zero-order valence-electron chi connectivity index (χ0n) is 19.8. The molecule has 0 radical (unpaired) electrons. The highest BCUT2D eigenvalue weighted by Crippen LogP contribution is 2.31. The number of fused-ring (bicyclic) bond motifs is 2. The fourth-order valence-electron chi connectivity index (χ4n) is 4.21. The summed E-state index contributed by atoms with van der Waals surface area (Å²) in [7, 11) is 0. The number of carbonyl (C=O) groups is 1. The lowest BCUT2D eigenvalue weighted by Gasteiger charge is -2.06. The van der Waals surface area contributed by atoms with Crippen LogP contribution in [0.4, 0.5) is 10.1 Å². The Morgan fingerprint density at radius 2 is 1.76 bits per heavy atom. The van der Waals surface area contributed by atoms with Gasteiger partial charge < -0.3 is 10.3 Å². The third-order valence-electron chi connectivity index (χ3n) is 5.98. The normalized spacial score (nSPS) is 11.3. The fourth-order valence-corrected chi connectivity index (χ4v) is 4.21. The van der Waals surface area contributed by atoms with E-state index in [0.29, 0.717) is 40.4 Å². The molecule has 0 bridgehead atoms. The summed E-state index contributed by atoms with van der Waals surface area (Å²) in [5, 5.41) is 10.3. The van der Waals surface area contributed by atoms with Crippen LogP contribution in [0.1, 0.15) is 19.8 Å². The van der Waals surface area contributed by atoms with Crippen molar-refractivity contribution in [2.45, 2.75) is 19.8 Å². The van der Waals surface area contributed by atoms with E-state index in [9.17, 15) is 9.18 Å². The van der Waals surface area contributed by atoms with Gasteiger partial charge in [-0.15, -0.1) is 0 Å². The van der Waals surface area contributed by atoms with E-state index in [1.54, 1.807) is 36.9 Å². The molecule has 6 aromatic rings. The lowest BCUT2D eigenvalue weighted by atomic mass is 10.1. The molecule has 5 aromatic heterocycles. The van der Waals surface area contributed by atoms with Crippen LogP contribution in [-0.4, -0.2) is 41.0 Å². The first-order chi connectivity index (χ1) is 18.1. The monoisotopic (exact) mass is 492 g/mol. The van der Waals surface area contributed by atoms with Crippen molar-refractivity contribution < 1.29 is 9.18 Å². The van der Waals surface area contributed by atoms with Crippen LogP contribution in [0.25, 0.3) is 56.0 Å². The number of nitrogens with zero attached hydrogens (tertiary/aromatic N) is 5. The second kappa shape index (κ2) is 9.23. The highest BCUT2D eigenvalue weighted by molar-refractivity contribution is 5.96. The molecule has 0 aliphatic heterocycles. The molecule has 10 heteroatoms. The second-order valence-electron chi connectivity index (χ2n) is 8.60. The molecule has 0 fully saturated rings. The Balaban J connectivity index is 1.40. The Morgan fingerprint density at radius 1 is 0.919 bits per heavy atom. The largest absolute Gasteiger partial charge is 0.335 e. The van der Waals surface area contributed by atoms with Crippen molar-refractivity contribution >= 4 is 33.7 Å². The van der Waals surface area contributed by atoms with Crippen LogP contribution >= 0.6 is 0 Å². The third kappa shape index (κ3) is 4.29. The first kappa shape index (κ1) is 22.5. The number of aromatic nitrogens is 7. The minimum Gasteiger partial charge on any atom is -0.335 e. The van der Waals surface area contributed by atoms with Crippen molar-refractivity contribution in [2.75, 3.05) is 5.32 Å². The van der Waals surface area contributed by atoms with Crippen LogP contribution in [0.2, 0.25) is 0 Å². The van der Waals surface area contributed by atoms with E-state index in [-0.39, 0.29) is 11.7 Å². The highest BCUT2D eigenvalue weighted by Gasteiger charge is 2.17. The minimum atomic E-state index is -0.305. The molecule has 0 aliphatic rings. The zero-order valence-corrected chi connectivity index (χ0v) is 19.8. The van der Waals surface area contributed by atoms with E-state index in [4.69, 9.17) is 9.97 Å². The molecule has 3 N–H and O–H groups in total. The maximum absolute atomic E-state index is 13.4. The maximum Gasteiger partial charge on any atom is 0.224 e. The first-order valence-corrected chi connectivity index (χ1v) is 11.8. The molecule has 182 valence electrons. The molecule has 6 rings (SSSR count). The Bertz CT molecular complexity index is 1760. The van der Waals surface area contributed by atoms with Crippen molar-refractivity contribution in [3.05, 3.63) is 73.1 Å². The number of anilines is 1. The molecule has 1 aromatic carbocycles. The number of hydrogen-bond acceptors (Lipinski definition) is 6. The van der Waals surface area contributed by atoms with E-state index < -0.39 is 0 Å². The molecule has 9 nitrogen and oxygen atoms in total. The van der Waals surface area contributed by atoms with Crippen LogP contribution in [-0.2, 0) is 4.79 Å². The lowest BCUT2D eigenvalue weighted by molar-refractivity contribution is -0.116. The van der Waals surface area contributed by atoms with Gasteiger partial charge in [-0.1, -0.05) is 19.1 Å². The van der Waals surface area contributed by atoms with Crippen molar-refractivity contribution in [1.29, 1.82) is 0 Å². The number of rotatable bonds is 6. The van der Waals surface area contributed by atoms with Crippen molar-refractivity contribution in [3.8, 4) is 33.9 Å². The van der Waals surface area contributed by atoms with Crippen LogP contribution in [0.15, 0.2) is 67.3 Å². The number of aromatic amines is 2. The fraction of sp³-hybridized carbons (Fsp3) is 0.111. The number of pyridine rings is 3. The number of halogens is 1. The predicted molar refractivity (Wildman–Crippen MR) is 139 cm³/mol. The molecule has 5 heterocycles. The number of amides is 1. The number of H-pyrrole nitrogens is 2. The van der Waals surface area contributed by atoms with Crippen molar-refractivity contribution in [2.24, 2.45) is 0 Å². The zero-order chi connectivity index (χ0) is 25.4. The molecule has 37 heavy (non-hydrogen) atoms. The molecular formula is C27H21FN8O. The summed E-state index contributed by atoms with van der Waals surface area (Å²) in [5.41, 5.74) is 7.00. The smallest absolute Gasteiger partial charge is 0.224 e. The number of benzene rings is 1. The van der Waals surface area contributed by atoms with Gasteiger partial charge in [-0.3, -0.25) is 19.9 Å². The quantitative estimate of drug-likeness (QED) is 0.282. The van der Waals surface area contributed by atoms with Gasteiger partial charge in [-0.2, -0.15) is 5.10 Å². The average molecular weight is 493 g/mol. The Kier molecular flexibility index (Phi) is 5.61. The number of nitrogens with one attached hydrogen (secondary N) is 3. The van der Waals surface area contributed by atoms with E-state index in [1.807, 2.05) is 25.1 Å². The summed E-state index contributed by atoms with van der Waals surface area (Å²) >= 11 is 0. The number of hydrogen-bond donors (Lipinski definition) is 3. The van der Waals surface area contributed by atoms with Gasteiger partial charge in [-0.25, -0.2) is 14.4 Å². The van der Waals surface area contributed by atoms with Crippen LogP contribution in [0.5, 0.6) is 0 Å². The number of imidazole rings is 1. The van der Waals surface area contributed by atoms with Crippen LogP contribution in [0.3, 0.4) is 0 Å². The topological polar surface area (TPSA) is 125 Å². The van der Waals surface area contributed by atoms with Gasteiger partial charge in [0.25, 0.3) is 0 Å². The molecular weight excluding hydrogens is 471 g/mol. The van der Waals surface area contributed by atoms with E-state index in [1.165, 1.54) is 12.1 Å². The summed E-state index contributed by atoms with van der Waals surface area (Å²) in [6, 6.07) is 11.8. The summed E-state index contributed by atoms with van der Waals surface area (Å²) in [6.45, 7) is 1.96.